The number of carboxylic acids is 1. The van der Waals surface area contributed by atoms with Crippen LogP contribution in [0.1, 0.15) is 24.0 Å². The predicted octanol–water partition coefficient (Wildman–Crippen LogP) is 3.42. The van der Waals surface area contributed by atoms with Crippen LogP contribution in [0.3, 0.4) is 0 Å². The number of aliphatic carboxylic acids is 1. The molecule has 1 N–H and O–H groups in total. The van der Waals surface area contributed by atoms with E-state index in [1.807, 2.05) is 4.90 Å². The molecule has 0 bridgehead atoms. The Labute approximate surface area is 127 Å². The summed E-state index contributed by atoms with van der Waals surface area (Å²) in [4.78, 5) is 12.9. The van der Waals surface area contributed by atoms with Gasteiger partial charge in [-0.1, -0.05) is 12.1 Å². The highest BCUT2D eigenvalue weighted by Crippen LogP contribution is 2.29. The Morgan fingerprint density at radius 2 is 1.90 bits per heavy atom. The second-order valence-electron chi connectivity index (χ2n) is 5.11. The third kappa shape index (κ3) is 4.89. The van der Waals surface area contributed by atoms with Crippen LogP contribution in [0.25, 0.3) is 0 Å². The standard InChI is InChI=1S/C14H16F3NO2.ClH/c15-14(16,17)12-5-3-10(4-6-12)8-18-7-1-2-11(9-18)13(19)20;/h3-6,11H,1-2,7-9H2,(H,19,20);1H. The van der Waals surface area contributed by atoms with E-state index in [4.69, 9.17) is 5.11 Å². The highest BCUT2D eigenvalue weighted by Gasteiger charge is 2.30. The number of piperidine rings is 1. The lowest BCUT2D eigenvalue weighted by Gasteiger charge is -2.30. The number of carboxylic acid groups (broad SMARTS) is 1. The molecule has 1 aromatic rings. The summed E-state index contributed by atoms with van der Waals surface area (Å²) in [6.07, 6.45) is -2.85. The molecule has 1 fully saturated rings. The molecule has 3 nitrogen and oxygen atoms in total. The van der Waals surface area contributed by atoms with Crippen molar-refractivity contribution in [3.8, 4) is 0 Å². The number of likely N-dealkylation sites (tertiary alicyclic amines) is 1. The fourth-order valence-corrected chi connectivity index (χ4v) is 2.46. The number of hydrogen-bond donors (Lipinski definition) is 1. The molecule has 0 spiro atoms. The van der Waals surface area contributed by atoms with Gasteiger partial charge >= 0.3 is 12.1 Å². The molecule has 1 heterocycles. The second-order valence-corrected chi connectivity index (χ2v) is 5.11. The summed E-state index contributed by atoms with van der Waals surface area (Å²) < 4.78 is 37.3. The van der Waals surface area contributed by atoms with Crippen LogP contribution in [0, 0.1) is 5.92 Å². The van der Waals surface area contributed by atoms with Crippen molar-refractivity contribution in [3.63, 3.8) is 0 Å². The molecule has 0 saturated carbocycles. The molecule has 118 valence electrons. The highest BCUT2D eigenvalue weighted by atomic mass is 35.5. The Kier molecular flexibility index (Phi) is 6.04. The largest absolute Gasteiger partial charge is 0.481 e. The summed E-state index contributed by atoms with van der Waals surface area (Å²) in [6.45, 7) is 1.73. The zero-order valence-electron chi connectivity index (χ0n) is 11.3. The summed E-state index contributed by atoms with van der Waals surface area (Å²) in [5.74, 6) is -1.18. The van der Waals surface area contributed by atoms with Crippen molar-refractivity contribution in [3.05, 3.63) is 35.4 Å². The van der Waals surface area contributed by atoms with Crippen molar-refractivity contribution in [1.82, 2.24) is 4.90 Å². The van der Waals surface area contributed by atoms with Crippen molar-refractivity contribution >= 4 is 18.4 Å². The minimum Gasteiger partial charge on any atom is -0.481 e. The Bertz CT molecular complexity index is 476. The molecule has 2 rings (SSSR count). The maximum atomic E-state index is 12.4. The van der Waals surface area contributed by atoms with Crippen LogP contribution < -0.4 is 0 Å². The molecule has 1 unspecified atom stereocenters. The minimum atomic E-state index is -4.32. The first-order chi connectivity index (χ1) is 9.36. The van der Waals surface area contributed by atoms with E-state index in [9.17, 15) is 18.0 Å². The van der Waals surface area contributed by atoms with E-state index in [-0.39, 0.29) is 18.3 Å². The van der Waals surface area contributed by atoms with Crippen LogP contribution in [0.5, 0.6) is 0 Å². The predicted molar refractivity (Wildman–Crippen MR) is 74.3 cm³/mol. The number of carbonyl (C=O) groups is 1. The lowest BCUT2D eigenvalue weighted by atomic mass is 9.98. The van der Waals surface area contributed by atoms with Crippen LogP contribution in [0.4, 0.5) is 13.2 Å². The van der Waals surface area contributed by atoms with Crippen molar-refractivity contribution in [1.29, 1.82) is 0 Å². The van der Waals surface area contributed by atoms with Gasteiger partial charge < -0.3 is 5.11 Å². The normalized spacial score (nSPS) is 19.9. The average Bonchev–Trinajstić information content (AvgIpc) is 2.38. The third-order valence-corrected chi connectivity index (χ3v) is 3.54. The molecular weight excluding hydrogens is 307 g/mol. The van der Waals surface area contributed by atoms with Gasteiger partial charge in [-0.2, -0.15) is 13.2 Å². The van der Waals surface area contributed by atoms with E-state index in [1.54, 1.807) is 0 Å². The van der Waals surface area contributed by atoms with Gasteiger partial charge in [0.25, 0.3) is 0 Å². The van der Waals surface area contributed by atoms with Crippen LogP contribution in [-0.2, 0) is 17.5 Å². The monoisotopic (exact) mass is 323 g/mol. The number of benzene rings is 1. The molecule has 0 radical (unpaired) electrons. The Balaban J connectivity index is 0.00000220. The molecule has 0 aromatic heterocycles. The first kappa shape index (κ1) is 17.8. The molecule has 21 heavy (non-hydrogen) atoms. The average molecular weight is 324 g/mol. The second kappa shape index (κ2) is 7.13. The van der Waals surface area contributed by atoms with E-state index in [1.165, 1.54) is 12.1 Å². The van der Waals surface area contributed by atoms with Crippen molar-refractivity contribution < 1.29 is 23.1 Å². The molecule has 1 aromatic carbocycles. The van der Waals surface area contributed by atoms with Gasteiger partial charge in [0.05, 0.1) is 11.5 Å². The molecular formula is C14H17ClF3NO2. The summed E-state index contributed by atoms with van der Waals surface area (Å²) in [6, 6.07) is 5.03. The number of halogens is 4. The van der Waals surface area contributed by atoms with E-state index >= 15 is 0 Å². The van der Waals surface area contributed by atoms with Crippen molar-refractivity contribution in [2.45, 2.75) is 25.6 Å². The molecule has 1 aliphatic rings. The van der Waals surface area contributed by atoms with Gasteiger partial charge in [0.15, 0.2) is 0 Å². The minimum absolute atomic E-state index is 0. The Morgan fingerprint density at radius 3 is 2.43 bits per heavy atom. The smallest absolute Gasteiger partial charge is 0.416 e. The molecule has 0 amide bonds. The summed E-state index contributed by atoms with van der Waals surface area (Å²) in [7, 11) is 0. The number of hydrogen-bond acceptors (Lipinski definition) is 2. The number of nitrogens with zero attached hydrogens (tertiary/aromatic N) is 1. The first-order valence-electron chi connectivity index (χ1n) is 6.47. The third-order valence-electron chi connectivity index (χ3n) is 3.54. The van der Waals surface area contributed by atoms with Gasteiger partial charge in [0, 0.05) is 13.1 Å². The van der Waals surface area contributed by atoms with Crippen molar-refractivity contribution in [2.24, 2.45) is 5.92 Å². The van der Waals surface area contributed by atoms with E-state index in [0.717, 1.165) is 30.7 Å². The lowest BCUT2D eigenvalue weighted by molar-refractivity contribution is -0.143. The number of alkyl halides is 3. The van der Waals surface area contributed by atoms with Gasteiger partial charge in [-0.15, -0.1) is 12.4 Å². The van der Waals surface area contributed by atoms with Gasteiger partial charge in [0.2, 0.25) is 0 Å². The van der Waals surface area contributed by atoms with E-state index < -0.39 is 17.7 Å². The van der Waals surface area contributed by atoms with Gasteiger partial charge in [-0.25, -0.2) is 0 Å². The molecule has 1 saturated heterocycles. The van der Waals surface area contributed by atoms with E-state index in [2.05, 4.69) is 0 Å². The van der Waals surface area contributed by atoms with E-state index in [0.29, 0.717) is 19.5 Å². The van der Waals surface area contributed by atoms with Gasteiger partial charge in [-0.05, 0) is 37.1 Å². The lowest BCUT2D eigenvalue weighted by Crippen LogP contribution is -2.38. The Morgan fingerprint density at radius 1 is 1.29 bits per heavy atom. The van der Waals surface area contributed by atoms with Crippen LogP contribution in [-0.4, -0.2) is 29.1 Å². The zero-order chi connectivity index (χ0) is 14.8. The van der Waals surface area contributed by atoms with Crippen LogP contribution in [0.15, 0.2) is 24.3 Å². The fraction of sp³-hybridized carbons (Fsp3) is 0.500. The SMILES string of the molecule is Cl.O=C(O)C1CCCN(Cc2ccc(C(F)(F)F)cc2)C1. The maximum Gasteiger partial charge on any atom is 0.416 e. The number of rotatable bonds is 3. The fourth-order valence-electron chi connectivity index (χ4n) is 2.46. The van der Waals surface area contributed by atoms with Crippen LogP contribution in [0.2, 0.25) is 0 Å². The summed E-state index contributed by atoms with van der Waals surface area (Å²) in [5, 5.41) is 9.00. The molecule has 7 heteroatoms. The maximum absolute atomic E-state index is 12.4. The first-order valence-corrected chi connectivity index (χ1v) is 6.47. The Hall–Kier alpha value is -1.27. The van der Waals surface area contributed by atoms with Crippen LogP contribution >= 0.6 is 12.4 Å². The topological polar surface area (TPSA) is 40.5 Å². The molecule has 1 atom stereocenters. The quantitative estimate of drug-likeness (QED) is 0.926. The molecule has 1 aliphatic heterocycles. The van der Waals surface area contributed by atoms with Gasteiger partial charge in [-0.3, -0.25) is 9.69 Å². The molecule has 0 aliphatic carbocycles. The van der Waals surface area contributed by atoms with Gasteiger partial charge in [0.1, 0.15) is 0 Å². The highest BCUT2D eigenvalue weighted by molar-refractivity contribution is 5.85. The summed E-state index contributed by atoms with van der Waals surface area (Å²) in [5.41, 5.74) is 0.104. The summed E-state index contributed by atoms with van der Waals surface area (Å²) >= 11 is 0. The zero-order valence-corrected chi connectivity index (χ0v) is 12.1. The van der Waals surface area contributed by atoms with Crippen molar-refractivity contribution in [2.75, 3.05) is 13.1 Å².